The number of urea groups is 1. The summed E-state index contributed by atoms with van der Waals surface area (Å²) in [6, 6.07) is 17.6. The van der Waals surface area contributed by atoms with Crippen LogP contribution in [-0.4, -0.2) is 40.4 Å². The zero-order chi connectivity index (χ0) is 19.9. The number of benzene rings is 2. The summed E-state index contributed by atoms with van der Waals surface area (Å²) in [5.74, 6) is 0.782. The lowest BCUT2D eigenvalue weighted by Gasteiger charge is -2.27. The van der Waals surface area contributed by atoms with Gasteiger partial charge in [0.05, 0.1) is 0 Å². The first-order chi connectivity index (χ1) is 13.6. The molecule has 0 radical (unpaired) electrons. The highest BCUT2D eigenvalue weighted by atomic mass is 16.2. The molecule has 0 aliphatic rings. The lowest BCUT2D eigenvalue weighted by atomic mass is 10.2. The van der Waals surface area contributed by atoms with Gasteiger partial charge in [-0.3, -0.25) is 0 Å². The van der Waals surface area contributed by atoms with E-state index in [4.69, 9.17) is 0 Å². The van der Waals surface area contributed by atoms with Crippen molar-refractivity contribution in [3.63, 3.8) is 0 Å². The Morgan fingerprint density at radius 1 is 1.18 bits per heavy atom. The summed E-state index contributed by atoms with van der Waals surface area (Å²) in [5, 5.41) is 13.9. The number of hydrogen-bond donors (Lipinski definition) is 2. The van der Waals surface area contributed by atoms with Crippen LogP contribution in [0.5, 0.6) is 0 Å². The first kappa shape index (κ1) is 19.4. The Morgan fingerprint density at radius 3 is 2.71 bits per heavy atom. The van der Waals surface area contributed by atoms with E-state index in [0.29, 0.717) is 12.2 Å². The molecule has 0 fully saturated rings. The average Bonchev–Trinajstić information content (AvgIpc) is 3.21. The summed E-state index contributed by atoms with van der Waals surface area (Å²) in [6.45, 7) is 5.43. The fraction of sp³-hybridized carbons (Fsp3) is 0.286. The maximum atomic E-state index is 12.3. The predicted octanol–water partition coefficient (Wildman–Crippen LogP) is 3.61. The van der Waals surface area contributed by atoms with E-state index in [0.717, 1.165) is 23.6 Å². The van der Waals surface area contributed by atoms with Crippen molar-refractivity contribution in [2.24, 2.45) is 0 Å². The van der Waals surface area contributed by atoms with E-state index in [1.807, 2.05) is 61.0 Å². The number of nitrogens with zero attached hydrogens (tertiary/aromatic N) is 4. The van der Waals surface area contributed by atoms with Crippen LogP contribution >= 0.6 is 0 Å². The van der Waals surface area contributed by atoms with E-state index in [1.165, 1.54) is 0 Å². The van der Waals surface area contributed by atoms with E-state index in [1.54, 1.807) is 6.33 Å². The highest BCUT2D eigenvalue weighted by molar-refractivity contribution is 5.90. The fourth-order valence-electron chi connectivity index (χ4n) is 2.92. The van der Waals surface area contributed by atoms with Crippen LogP contribution in [0.4, 0.5) is 16.2 Å². The molecule has 3 rings (SSSR count). The molecule has 2 amide bonds. The van der Waals surface area contributed by atoms with Crippen molar-refractivity contribution in [3.05, 3.63) is 60.9 Å². The summed E-state index contributed by atoms with van der Waals surface area (Å²) in [4.78, 5) is 14.5. The molecule has 7 nitrogen and oxygen atoms in total. The van der Waals surface area contributed by atoms with Crippen LogP contribution in [0.2, 0.25) is 0 Å². The molecule has 7 heteroatoms. The summed E-state index contributed by atoms with van der Waals surface area (Å²) in [5.41, 5.74) is 2.74. The molecule has 1 aromatic heterocycles. The second-order valence-corrected chi connectivity index (χ2v) is 6.65. The van der Waals surface area contributed by atoms with Gasteiger partial charge in [-0.1, -0.05) is 30.3 Å². The maximum Gasteiger partial charge on any atom is 0.319 e. The lowest BCUT2D eigenvalue weighted by molar-refractivity contribution is 0.251. The largest absolute Gasteiger partial charge is 0.370 e. The van der Waals surface area contributed by atoms with E-state index in [2.05, 4.69) is 44.8 Å². The predicted molar refractivity (Wildman–Crippen MR) is 112 cm³/mol. The van der Waals surface area contributed by atoms with Crippen molar-refractivity contribution in [1.82, 2.24) is 20.1 Å². The van der Waals surface area contributed by atoms with Gasteiger partial charge in [0.1, 0.15) is 6.33 Å². The Bertz CT molecular complexity index is 908. The van der Waals surface area contributed by atoms with Gasteiger partial charge in [0.2, 0.25) is 0 Å². The molecular weight excluding hydrogens is 352 g/mol. The number of likely N-dealkylation sites (N-methyl/N-ethyl adjacent to an activating group) is 1. The molecule has 2 N–H and O–H groups in total. The summed E-state index contributed by atoms with van der Waals surface area (Å²) in [7, 11) is 2.02. The number of aromatic nitrogens is 3. The number of rotatable bonds is 7. The molecule has 0 aliphatic carbocycles. The minimum absolute atomic E-state index is 0.155. The normalized spacial score (nSPS) is 11.7. The molecule has 0 saturated carbocycles. The van der Waals surface area contributed by atoms with Gasteiger partial charge in [-0.25, -0.2) is 4.79 Å². The van der Waals surface area contributed by atoms with E-state index in [9.17, 15) is 4.79 Å². The molecule has 0 saturated heterocycles. The molecule has 2 aromatic carbocycles. The number of para-hydroxylation sites is 1. The number of amides is 2. The van der Waals surface area contributed by atoms with Gasteiger partial charge in [0.15, 0.2) is 5.82 Å². The molecule has 146 valence electrons. The first-order valence-electron chi connectivity index (χ1n) is 9.39. The Morgan fingerprint density at radius 2 is 1.96 bits per heavy atom. The zero-order valence-corrected chi connectivity index (χ0v) is 16.5. The van der Waals surface area contributed by atoms with Crippen LogP contribution in [0.3, 0.4) is 0 Å². The van der Waals surface area contributed by atoms with Crippen molar-refractivity contribution < 1.29 is 4.79 Å². The smallest absolute Gasteiger partial charge is 0.319 e. The third-order valence-corrected chi connectivity index (χ3v) is 4.72. The molecule has 1 atom stereocenters. The van der Waals surface area contributed by atoms with Crippen LogP contribution in [0.1, 0.15) is 13.8 Å². The van der Waals surface area contributed by atoms with Crippen molar-refractivity contribution >= 4 is 17.4 Å². The number of aryl methyl sites for hydroxylation is 1. The van der Waals surface area contributed by atoms with Gasteiger partial charge < -0.3 is 20.1 Å². The second kappa shape index (κ2) is 9.03. The van der Waals surface area contributed by atoms with Gasteiger partial charge in [0.25, 0.3) is 0 Å². The monoisotopic (exact) mass is 378 g/mol. The molecular formula is C21H26N6O. The summed E-state index contributed by atoms with van der Waals surface area (Å²) in [6.07, 6.45) is 1.70. The Balaban J connectivity index is 1.57. The minimum atomic E-state index is -0.234. The highest BCUT2D eigenvalue weighted by Gasteiger charge is 2.12. The standard InChI is InChI=1S/C21H26N6O/c1-4-27-15-23-25-20(27)17-9-8-10-18(13-17)24-21(28)22-14-16(2)26(3)19-11-6-5-7-12-19/h5-13,15-16H,4,14H2,1-3H3,(H2,22,24,28). The molecule has 0 bridgehead atoms. The van der Waals surface area contributed by atoms with E-state index < -0.39 is 0 Å². The molecule has 0 spiro atoms. The van der Waals surface area contributed by atoms with E-state index in [-0.39, 0.29) is 12.1 Å². The van der Waals surface area contributed by atoms with Crippen LogP contribution in [0, 0.1) is 0 Å². The van der Waals surface area contributed by atoms with Gasteiger partial charge in [-0.15, -0.1) is 10.2 Å². The van der Waals surface area contributed by atoms with Crippen LogP contribution < -0.4 is 15.5 Å². The lowest BCUT2D eigenvalue weighted by Crippen LogP contribution is -2.41. The van der Waals surface area contributed by atoms with Crippen LogP contribution in [0.15, 0.2) is 60.9 Å². The second-order valence-electron chi connectivity index (χ2n) is 6.65. The van der Waals surface area contributed by atoms with Crippen molar-refractivity contribution in [2.75, 3.05) is 23.8 Å². The summed E-state index contributed by atoms with van der Waals surface area (Å²) >= 11 is 0. The van der Waals surface area contributed by atoms with Crippen LogP contribution in [0.25, 0.3) is 11.4 Å². The topological polar surface area (TPSA) is 75.1 Å². The molecule has 1 unspecified atom stereocenters. The number of nitrogens with one attached hydrogen (secondary N) is 2. The number of carbonyl (C=O) groups excluding carboxylic acids is 1. The van der Waals surface area contributed by atoms with E-state index >= 15 is 0 Å². The van der Waals surface area contributed by atoms with Crippen LogP contribution in [-0.2, 0) is 6.54 Å². The Hall–Kier alpha value is -3.35. The Kier molecular flexibility index (Phi) is 6.26. The number of hydrogen-bond acceptors (Lipinski definition) is 4. The molecule has 3 aromatic rings. The van der Waals surface area contributed by atoms with Gasteiger partial charge >= 0.3 is 6.03 Å². The third-order valence-electron chi connectivity index (χ3n) is 4.72. The maximum absolute atomic E-state index is 12.3. The first-order valence-corrected chi connectivity index (χ1v) is 9.39. The van der Waals surface area contributed by atoms with Crippen molar-refractivity contribution in [3.8, 4) is 11.4 Å². The van der Waals surface area contributed by atoms with Gasteiger partial charge in [-0.2, -0.15) is 0 Å². The zero-order valence-electron chi connectivity index (χ0n) is 16.5. The molecule has 28 heavy (non-hydrogen) atoms. The van der Waals surface area contributed by atoms with Crippen molar-refractivity contribution in [1.29, 1.82) is 0 Å². The molecule has 0 aliphatic heterocycles. The highest BCUT2D eigenvalue weighted by Crippen LogP contribution is 2.20. The fourth-order valence-corrected chi connectivity index (χ4v) is 2.92. The Labute approximate surface area is 165 Å². The SMILES string of the molecule is CCn1cnnc1-c1cccc(NC(=O)NCC(C)N(C)c2ccccc2)c1. The summed E-state index contributed by atoms with van der Waals surface area (Å²) < 4.78 is 1.96. The quantitative estimate of drug-likeness (QED) is 0.659. The number of anilines is 2. The minimum Gasteiger partial charge on any atom is -0.370 e. The number of carbonyl (C=O) groups is 1. The van der Waals surface area contributed by atoms with Gasteiger partial charge in [-0.05, 0) is 38.1 Å². The third kappa shape index (κ3) is 4.68. The van der Waals surface area contributed by atoms with Crippen molar-refractivity contribution in [2.45, 2.75) is 26.4 Å². The molecule has 1 heterocycles. The van der Waals surface area contributed by atoms with Gasteiger partial charge in [0, 0.05) is 43.1 Å². The average molecular weight is 378 g/mol.